The highest BCUT2D eigenvalue weighted by atomic mass is 19.1. The minimum absolute atomic E-state index is 0.145. The largest absolute Gasteiger partial charge is 0.481 e. The number of nitrogen functional groups attached to an aromatic ring is 1. The van der Waals surface area contributed by atoms with Crippen LogP contribution in [0.2, 0.25) is 0 Å². The summed E-state index contributed by atoms with van der Waals surface area (Å²) >= 11 is 0. The molecule has 0 saturated carbocycles. The lowest BCUT2D eigenvalue weighted by molar-refractivity contribution is 0.0668. The van der Waals surface area contributed by atoms with E-state index in [1.165, 1.54) is 19.2 Å². The summed E-state index contributed by atoms with van der Waals surface area (Å²) in [6.07, 6.45) is -0.0813. The number of methoxy groups -OCH3 is 1. The number of nitrogens with two attached hydrogens (primary N) is 1. The van der Waals surface area contributed by atoms with E-state index < -0.39 is 18.0 Å². The van der Waals surface area contributed by atoms with E-state index in [9.17, 15) is 9.18 Å². The van der Waals surface area contributed by atoms with Crippen molar-refractivity contribution in [2.75, 3.05) is 26.1 Å². The number of benzene rings is 1. The van der Waals surface area contributed by atoms with Gasteiger partial charge in [-0.3, -0.25) is 9.83 Å². The first-order chi connectivity index (χ1) is 17.4. The van der Waals surface area contributed by atoms with Crippen molar-refractivity contribution in [2.45, 2.75) is 25.4 Å². The number of anilines is 1. The van der Waals surface area contributed by atoms with Crippen molar-refractivity contribution in [2.24, 2.45) is 4.99 Å². The van der Waals surface area contributed by atoms with Crippen LogP contribution in [0.4, 0.5) is 15.1 Å². The Morgan fingerprint density at radius 1 is 1.25 bits per heavy atom. The Morgan fingerprint density at radius 2 is 2.11 bits per heavy atom. The second kappa shape index (κ2) is 9.74. The molecule has 0 bridgehead atoms. The van der Waals surface area contributed by atoms with E-state index in [-0.39, 0.29) is 25.2 Å². The molecule has 186 valence electrons. The number of aromatic nitrogens is 3. The topological polar surface area (TPSA) is 146 Å². The average Bonchev–Trinajstić information content (AvgIpc) is 3.28. The van der Waals surface area contributed by atoms with Gasteiger partial charge in [0.25, 0.3) is 0 Å². The normalized spacial score (nSPS) is 18.6. The number of aryl methyl sites for hydroxylation is 1. The summed E-state index contributed by atoms with van der Waals surface area (Å²) in [4.78, 5) is 35.0. The van der Waals surface area contributed by atoms with Gasteiger partial charge in [-0.05, 0) is 30.7 Å². The summed E-state index contributed by atoms with van der Waals surface area (Å²) in [6, 6.07) is 9.05. The number of alkyl carbamates (subject to hydrolysis) is 1. The van der Waals surface area contributed by atoms with Crippen LogP contribution in [-0.4, -0.2) is 53.2 Å². The lowest BCUT2D eigenvalue weighted by Gasteiger charge is -2.26. The van der Waals surface area contributed by atoms with Crippen LogP contribution in [0.25, 0.3) is 11.3 Å². The molecule has 4 N–H and O–H groups in total. The third kappa shape index (κ3) is 4.75. The number of carbonyl (C=O) groups is 1. The fraction of sp³-hybridized carbons (Fsp3) is 0.292. The Labute approximate surface area is 205 Å². The summed E-state index contributed by atoms with van der Waals surface area (Å²) < 4.78 is 24.5. The number of rotatable bonds is 6. The van der Waals surface area contributed by atoms with Gasteiger partial charge >= 0.3 is 6.09 Å². The molecular formula is C24H24FN7O4. The molecule has 1 amide bonds. The number of amidine groups is 1. The number of ether oxygens (including phenoxy) is 2. The van der Waals surface area contributed by atoms with Crippen molar-refractivity contribution in [3.05, 3.63) is 64.7 Å². The lowest BCUT2D eigenvalue weighted by atomic mass is 9.91. The van der Waals surface area contributed by atoms with Crippen LogP contribution in [0.1, 0.15) is 28.6 Å². The van der Waals surface area contributed by atoms with Crippen molar-refractivity contribution in [3.8, 4) is 17.1 Å². The highest BCUT2D eigenvalue weighted by Gasteiger charge is 2.29. The van der Waals surface area contributed by atoms with Gasteiger partial charge in [0, 0.05) is 18.1 Å². The lowest BCUT2D eigenvalue weighted by Crippen LogP contribution is -2.37. The molecule has 1 fully saturated rings. The molecule has 2 aliphatic rings. The molecule has 0 unspecified atom stereocenters. The van der Waals surface area contributed by atoms with Crippen LogP contribution < -0.4 is 21.3 Å². The van der Waals surface area contributed by atoms with Gasteiger partial charge in [-0.1, -0.05) is 12.1 Å². The number of pyridine rings is 1. The van der Waals surface area contributed by atoms with Crippen LogP contribution in [0.15, 0.2) is 41.4 Å². The van der Waals surface area contributed by atoms with Crippen molar-refractivity contribution in [1.29, 1.82) is 0 Å². The Bertz CT molecular complexity index is 1350. The minimum atomic E-state index is -0.487. The molecule has 0 radical (unpaired) electrons. The quantitative estimate of drug-likeness (QED) is 0.440. The first-order valence-electron chi connectivity index (χ1n) is 11.2. The van der Waals surface area contributed by atoms with E-state index in [4.69, 9.17) is 25.0 Å². The van der Waals surface area contributed by atoms with E-state index >= 15 is 0 Å². The molecular weight excluding hydrogens is 469 g/mol. The van der Waals surface area contributed by atoms with E-state index in [1.807, 2.05) is 6.92 Å². The highest BCUT2D eigenvalue weighted by Crippen LogP contribution is 2.36. The van der Waals surface area contributed by atoms with Crippen LogP contribution in [0, 0.1) is 12.7 Å². The number of fused-ring (bicyclic) bond motifs is 1. The molecule has 0 spiro atoms. The number of nitrogens with one attached hydrogen (secondary N) is 2. The maximum atomic E-state index is 14.3. The predicted molar refractivity (Wildman–Crippen MR) is 128 cm³/mol. The zero-order valence-corrected chi connectivity index (χ0v) is 19.6. The number of amides is 1. The second-order valence-corrected chi connectivity index (χ2v) is 8.34. The fourth-order valence-corrected chi connectivity index (χ4v) is 4.26. The number of carbonyl (C=O) groups excluding carboxylic acids is 1. The van der Waals surface area contributed by atoms with E-state index in [2.05, 4.69) is 25.7 Å². The predicted octanol–water partition coefficient (Wildman–Crippen LogP) is 2.25. The van der Waals surface area contributed by atoms with Crippen LogP contribution in [0.5, 0.6) is 5.88 Å². The number of hydrogen-bond acceptors (Lipinski definition) is 10. The number of nitrogens with zero attached hydrogens (tertiary/aromatic N) is 4. The van der Waals surface area contributed by atoms with E-state index in [0.29, 0.717) is 46.3 Å². The summed E-state index contributed by atoms with van der Waals surface area (Å²) in [7, 11) is 1.52. The molecule has 1 saturated heterocycles. The van der Waals surface area contributed by atoms with Gasteiger partial charge in [0.15, 0.2) is 5.84 Å². The molecule has 1 aromatic carbocycles. The Balaban J connectivity index is 1.51. The number of hydroxylamine groups is 1. The van der Waals surface area contributed by atoms with Gasteiger partial charge in [-0.2, -0.15) is 0 Å². The Morgan fingerprint density at radius 3 is 2.89 bits per heavy atom. The third-order valence-electron chi connectivity index (χ3n) is 5.86. The molecule has 12 heteroatoms. The first kappa shape index (κ1) is 23.4. The smallest absolute Gasteiger partial charge is 0.407 e. The van der Waals surface area contributed by atoms with Crippen molar-refractivity contribution < 1.29 is 23.5 Å². The fourth-order valence-electron chi connectivity index (χ4n) is 4.26. The van der Waals surface area contributed by atoms with Gasteiger partial charge < -0.3 is 20.5 Å². The van der Waals surface area contributed by atoms with E-state index in [0.717, 1.165) is 5.56 Å². The van der Waals surface area contributed by atoms with Gasteiger partial charge in [-0.15, -0.1) is 0 Å². The summed E-state index contributed by atoms with van der Waals surface area (Å²) in [5.41, 5.74) is 12.7. The minimum Gasteiger partial charge on any atom is -0.481 e. The molecule has 5 rings (SSSR count). The molecule has 11 nitrogen and oxygen atoms in total. The van der Waals surface area contributed by atoms with Crippen molar-refractivity contribution in [3.63, 3.8) is 0 Å². The molecule has 3 aromatic rings. The third-order valence-corrected chi connectivity index (χ3v) is 5.86. The zero-order chi connectivity index (χ0) is 25.2. The number of hydrogen-bond donors (Lipinski definition) is 3. The van der Waals surface area contributed by atoms with Gasteiger partial charge in [0.1, 0.15) is 12.4 Å². The monoisotopic (exact) mass is 493 g/mol. The summed E-state index contributed by atoms with van der Waals surface area (Å²) in [5, 5.41) is 2.64. The molecule has 2 aliphatic heterocycles. The first-order valence-corrected chi connectivity index (χ1v) is 11.2. The average molecular weight is 493 g/mol. The molecule has 36 heavy (non-hydrogen) atoms. The van der Waals surface area contributed by atoms with Gasteiger partial charge in [-0.25, -0.2) is 29.6 Å². The van der Waals surface area contributed by atoms with Gasteiger partial charge in [0.2, 0.25) is 11.8 Å². The van der Waals surface area contributed by atoms with Crippen molar-refractivity contribution >= 4 is 17.9 Å². The SMILES string of the molecule is COc1cccc(-c2cc(F)ccc2[C@H]2Cc3nc(N)nc(C)c3C(NOC[C@H]3COC(=O)N3)=N2)n1. The summed E-state index contributed by atoms with van der Waals surface area (Å²) in [5.74, 6) is 0.559. The summed E-state index contributed by atoms with van der Waals surface area (Å²) in [6.45, 7) is 2.16. The molecule has 2 aromatic heterocycles. The van der Waals surface area contributed by atoms with Crippen LogP contribution >= 0.6 is 0 Å². The van der Waals surface area contributed by atoms with Crippen LogP contribution in [-0.2, 0) is 16.0 Å². The van der Waals surface area contributed by atoms with Gasteiger partial charge in [0.05, 0.1) is 48.4 Å². The van der Waals surface area contributed by atoms with E-state index in [1.54, 1.807) is 24.3 Å². The highest BCUT2D eigenvalue weighted by molar-refractivity contribution is 6.01. The Hall–Kier alpha value is -4.32. The number of aliphatic imine (C=N–C) groups is 1. The second-order valence-electron chi connectivity index (χ2n) is 8.34. The standard InChI is InChI=1S/C24H24FN7O4/c1-12-21-19(31-23(26)27-12)9-18(30-22(21)32-36-11-14-10-35-24(33)28-14)15-7-6-13(25)8-16(15)17-4-3-5-20(29-17)34-2/h3-8,14,18H,9-11H2,1-2H3,(H,28,33)(H,30,32)(H2,26,27,31)/t14-,18-/m1/s1. The maximum absolute atomic E-state index is 14.3. The van der Waals surface area contributed by atoms with Crippen molar-refractivity contribution in [1.82, 2.24) is 25.7 Å². The number of cyclic esters (lactones) is 1. The Kier molecular flexibility index (Phi) is 6.34. The zero-order valence-electron chi connectivity index (χ0n) is 19.6. The molecule has 4 heterocycles. The number of halogens is 1. The molecule has 2 atom stereocenters. The maximum Gasteiger partial charge on any atom is 0.407 e. The van der Waals surface area contributed by atoms with Crippen LogP contribution in [0.3, 0.4) is 0 Å². The molecule has 0 aliphatic carbocycles.